The Morgan fingerprint density at radius 1 is 1.56 bits per heavy atom. The van der Waals surface area contributed by atoms with Gasteiger partial charge in [-0.2, -0.15) is 0 Å². The van der Waals surface area contributed by atoms with Crippen LogP contribution in [0.2, 0.25) is 0 Å². The first kappa shape index (κ1) is 13.5. The normalized spacial score (nSPS) is 18.9. The van der Waals surface area contributed by atoms with Gasteiger partial charge in [0.15, 0.2) is 0 Å². The summed E-state index contributed by atoms with van der Waals surface area (Å²) < 4.78 is 13.4. The monoisotopic (exact) mass is 314 g/mol. The van der Waals surface area contributed by atoms with Gasteiger partial charge in [-0.3, -0.25) is 4.79 Å². The Hall–Kier alpha value is -0.940. The fourth-order valence-electron chi connectivity index (χ4n) is 2.09. The zero-order valence-electron chi connectivity index (χ0n) is 10.0. The molecule has 3 nitrogen and oxygen atoms in total. The van der Waals surface area contributed by atoms with Gasteiger partial charge in [-0.15, -0.1) is 0 Å². The summed E-state index contributed by atoms with van der Waals surface area (Å²) in [7, 11) is 0. The van der Waals surface area contributed by atoms with Crippen LogP contribution < -0.4 is 10.6 Å². The highest BCUT2D eigenvalue weighted by Crippen LogP contribution is 2.20. The minimum atomic E-state index is -0.329. The lowest BCUT2D eigenvalue weighted by atomic mass is 10.0. The average molecular weight is 315 g/mol. The molecule has 2 N–H and O–H groups in total. The third kappa shape index (κ3) is 3.78. The van der Waals surface area contributed by atoms with Crippen molar-refractivity contribution in [2.45, 2.75) is 19.3 Å². The summed E-state index contributed by atoms with van der Waals surface area (Å²) in [4.78, 5) is 11.7. The number of halogens is 2. The molecule has 1 heterocycles. The Morgan fingerprint density at radius 2 is 2.39 bits per heavy atom. The molecule has 2 rings (SSSR count). The molecule has 1 amide bonds. The van der Waals surface area contributed by atoms with Crippen molar-refractivity contribution in [1.29, 1.82) is 0 Å². The highest BCUT2D eigenvalue weighted by molar-refractivity contribution is 9.10. The van der Waals surface area contributed by atoms with Crippen molar-refractivity contribution in [2.24, 2.45) is 5.92 Å². The summed E-state index contributed by atoms with van der Waals surface area (Å²) in [5.41, 5.74) is 0.623. The number of nitrogens with one attached hydrogen (secondary N) is 2. The Bertz CT molecular complexity index is 433. The summed E-state index contributed by atoms with van der Waals surface area (Å²) >= 11 is 3.09. The zero-order valence-corrected chi connectivity index (χ0v) is 11.6. The summed E-state index contributed by atoms with van der Waals surface area (Å²) in [6, 6.07) is 4.47. The van der Waals surface area contributed by atoms with Crippen LogP contribution in [0.3, 0.4) is 0 Å². The third-order valence-electron chi connectivity index (χ3n) is 3.15. The van der Waals surface area contributed by atoms with E-state index in [9.17, 15) is 9.18 Å². The summed E-state index contributed by atoms with van der Waals surface area (Å²) in [5, 5.41) is 6.06. The molecule has 1 saturated heterocycles. The largest absolute Gasteiger partial charge is 0.326 e. The first-order valence-electron chi connectivity index (χ1n) is 6.11. The van der Waals surface area contributed by atoms with Crippen LogP contribution in [0, 0.1) is 11.7 Å². The number of rotatable bonds is 4. The van der Waals surface area contributed by atoms with Crippen molar-refractivity contribution in [2.75, 3.05) is 18.4 Å². The van der Waals surface area contributed by atoms with Gasteiger partial charge in [0.05, 0.1) is 4.47 Å². The molecule has 1 fully saturated rings. The lowest BCUT2D eigenvalue weighted by Gasteiger charge is -2.09. The van der Waals surface area contributed by atoms with E-state index >= 15 is 0 Å². The quantitative estimate of drug-likeness (QED) is 0.897. The van der Waals surface area contributed by atoms with E-state index in [4.69, 9.17) is 0 Å². The van der Waals surface area contributed by atoms with Crippen LogP contribution in [0.25, 0.3) is 0 Å². The van der Waals surface area contributed by atoms with Gasteiger partial charge in [-0.05, 0) is 66.0 Å². The molecule has 0 radical (unpaired) electrons. The Morgan fingerprint density at radius 3 is 3.06 bits per heavy atom. The number of anilines is 1. The Balaban J connectivity index is 1.80. The maximum Gasteiger partial charge on any atom is 0.224 e. The first-order valence-corrected chi connectivity index (χ1v) is 6.90. The van der Waals surface area contributed by atoms with E-state index in [0.717, 1.165) is 25.9 Å². The van der Waals surface area contributed by atoms with Crippen molar-refractivity contribution in [1.82, 2.24) is 5.32 Å². The maximum atomic E-state index is 13.0. The predicted molar refractivity (Wildman–Crippen MR) is 72.9 cm³/mol. The van der Waals surface area contributed by atoms with Crippen LogP contribution in [0.1, 0.15) is 19.3 Å². The molecule has 1 aliphatic rings. The van der Waals surface area contributed by atoms with Crippen LogP contribution in [0.5, 0.6) is 0 Å². The van der Waals surface area contributed by atoms with Crippen molar-refractivity contribution in [3.8, 4) is 0 Å². The molecule has 1 atom stereocenters. The third-order valence-corrected chi connectivity index (χ3v) is 3.75. The van der Waals surface area contributed by atoms with E-state index < -0.39 is 0 Å². The number of carbonyl (C=O) groups is 1. The molecule has 0 bridgehead atoms. The summed E-state index contributed by atoms with van der Waals surface area (Å²) in [5.74, 6) is 0.265. The van der Waals surface area contributed by atoms with E-state index in [1.54, 1.807) is 12.1 Å². The number of hydrogen-bond donors (Lipinski definition) is 2. The molecule has 0 spiro atoms. The van der Waals surface area contributed by atoms with Gasteiger partial charge in [0.25, 0.3) is 0 Å². The van der Waals surface area contributed by atoms with Crippen molar-refractivity contribution in [3.63, 3.8) is 0 Å². The molecular formula is C13H16BrFN2O. The molecule has 5 heteroatoms. The van der Waals surface area contributed by atoms with Crippen LogP contribution in [-0.4, -0.2) is 19.0 Å². The van der Waals surface area contributed by atoms with Crippen LogP contribution in [0.15, 0.2) is 22.7 Å². The highest BCUT2D eigenvalue weighted by atomic mass is 79.9. The second-order valence-electron chi connectivity index (χ2n) is 4.57. The van der Waals surface area contributed by atoms with E-state index in [-0.39, 0.29) is 11.7 Å². The van der Waals surface area contributed by atoms with Gasteiger partial charge in [-0.1, -0.05) is 0 Å². The Kier molecular flexibility index (Phi) is 4.72. The second-order valence-corrected chi connectivity index (χ2v) is 5.43. The van der Waals surface area contributed by atoms with E-state index in [2.05, 4.69) is 26.6 Å². The van der Waals surface area contributed by atoms with E-state index in [1.165, 1.54) is 6.07 Å². The van der Waals surface area contributed by atoms with Gasteiger partial charge < -0.3 is 10.6 Å². The molecule has 1 unspecified atom stereocenters. The van der Waals surface area contributed by atoms with E-state index in [0.29, 0.717) is 22.5 Å². The predicted octanol–water partition coefficient (Wildman–Crippen LogP) is 2.92. The molecule has 1 aliphatic heterocycles. The topological polar surface area (TPSA) is 41.1 Å². The van der Waals surface area contributed by atoms with Gasteiger partial charge >= 0.3 is 0 Å². The molecule has 0 aromatic heterocycles. The fourth-order valence-corrected chi connectivity index (χ4v) is 2.47. The summed E-state index contributed by atoms with van der Waals surface area (Å²) in [6.45, 7) is 2.06. The Labute approximate surface area is 114 Å². The lowest BCUT2D eigenvalue weighted by Crippen LogP contribution is -2.15. The molecule has 98 valence electrons. The van der Waals surface area contributed by atoms with Crippen LogP contribution >= 0.6 is 15.9 Å². The van der Waals surface area contributed by atoms with Gasteiger partial charge in [0, 0.05) is 12.1 Å². The van der Waals surface area contributed by atoms with E-state index in [1.807, 2.05) is 0 Å². The SMILES string of the molecule is O=C(CCC1CCNC1)Nc1ccc(F)c(Br)c1. The lowest BCUT2D eigenvalue weighted by molar-refractivity contribution is -0.116. The number of benzene rings is 1. The highest BCUT2D eigenvalue weighted by Gasteiger charge is 2.15. The fraction of sp³-hybridized carbons (Fsp3) is 0.462. The van der Waals surface area contributed by atoms with Gasteiger partial charge in [0.1, 0.15) is 5.82 Å². The van der Waals surface area contributed by atoms with Gasteiger partial charge in [0.2, 0.25) is 5.91 Å². The number of hydrogen-bond acceptors (Lipinski definition) is 2. The van der Waals surface area contributed by atoms with Gasteiger partial charge in [-0.25, -0.2) is 4.39 Å². The summed E-state index contributed by atoms with van der Waals surface area (Å²) in [6.07, 6.45) is 2.57. The number of amides is 1. The first-order chi connectivity index (χ1) is 8.65. The molecular weight excluding hydrogens is 299 g/mol. The molecule has 18 heavy (non-hydrogen) atoms. The zero-order chi connectivity index (χ0) is 13.0. The van der Waals surface area contributed by atoms with Crippen molar-refractivity contribution < 1.29 is 9.18 Å². The number of carbonyl (C=O) groups excluding carboxylic acids is 1. The smallest absolute Gasteiger partial charge is 0.224 e. The molecule has 0 saturated carbocycles. The maximum absolute atomic E-state index is 13.0. The van der Waals surface area contributed by atoms with Crippen LogP contribution in [0.4, 0.5) is 10.1 Å². The van der Waals surface area contributed by atoms with Crippen molar-refractivity contribution >= 4 is 27.5 Å². The minimum Gasteiger partial charge on any atom is -0.326 e. The molecule has 1 aromatic rings. The van der Waals surface area contributed by atoms with Crippen LogP contribution in [-0.2, 0) is 4.79 Å². The minimum absolute atomic E-state index is 0.0135. The molecule has 0 aliphatic carbocycles. The second kappa shape index (κ2) is 6.29. The van der Waals surface area contributed by atoms with Crippen molar-refractivity contribution in [3.05, 3.63) is 28.5 Å². The molecule has 1 aromatic carbocycles. The average Bonchev–Trinajstić information content (AvgIpc) is 2.84. The standard InChI is InChI=1S/C13H16BrFN2O/c14-11-7-10(2-3-12(11)15)17-13(18)4-1-9-5-6-16-8-9/h2-3,7,9,16H,1,4-6,8H2,(H,17,18).